The van der Waals surface area contributed by atoms with E-state index >= 15 is 0 Å². The van der Waals surface area contributed by atoms with E-state index in [-0.39, 0.29) is 12.6 Å². The molecule has 0 spiro atoms. The first-order valence-corrected chi connectivity index (χ1v) is 10.5. The van der Waals surface area contributed by atoms with Crippen molar-refractivity contribution in [1.82, 2.24) is 20.5 Å². The lowest BCUT2D eigenvalue weighted by atomic mass is 10.0. The van der Waals surface area contributed by atoms with Crippen LogP contribution in [0.25, 0.3) is 0 Å². The number of thiazole rings is 1. The van der Waals surface area contributed by atoms with Crippen LogP contribution in [0.5, 0.6) is 0 Å². The summed E-state index contributed by atoms with van der Waals surface area (Å²) in [6.07, 6.45) is -2.02. The monoisotopic (exact) mass is 425 g/mol. The number of guanidine groups is 1. The molecule has 1 atom stereocenters. The Bertz CT molecular complexity index is 810. The third kappa shape index (κ3) is 5.93. The summed E-state index contributed by atoms with van der Waals surface area (Å²) in [5.41, 5.74) is 1.62. The number of alkyl halides is 3. The molecule has 158 valence electrons. The fraction of sp³-hybridized carbons (Fsp3) is 0.500. The summed E-state index contributed by atoms with van der Waals surface area (Å²) >= 11 is 0.987. The predicted octanol–water partition coefficient (Wildman–Crippen LogP) is 3.97. The summed E-state index contributed by atoms with van der Waals surface area (Å²) in [4.78, 5) is 10.3. The fourth-order valence-electron chi connectivity index (χ4n) is 3.40. The van der Waals surface area contributed by atoms with Crippen LogP contribution in [-0.4, -0.2) is 42.5 Å². The summed E-state index contributed by atoms with van der Waals surface area (Å²) in [7, 11) is 1.65. The summed E-state index contributed by atoms with van der Waals surface area (Å²) in [5.74, 6) is 0.546. The van der Waals surface area contributed by atoms with Crippen LogP contribution in [0.4, 0.5) is 13.2 Å². The van der Waals surface area contributed by atoms with Crippen LogP contribution < -0.4 is 10.6 Å². The maximum absolute atomic E-state index is 12.7. The van der Waals surface area contributed by atoms with Crippen LogP contribution in [0.3, 0.4) is 0 Å². The molecule has 3 rings (SSSR count). The van der Waals surface area contributed by atoms with Gasteiger partial charge in [0.25, 0.3) is 0 Å². The maximum Gasteiger partial charge on any atom is 0.434 e. The highest BCUT2D eigenvalue weighted by molar-refractivity contribution is 7.09. The summed E-state index contributed by atoms with van der Waals surface area (Å²) < 4.78 is 38.1. The molecule has 5 nitrogen and oxygen atoms in total. The lowest BCUT2D eigenvalue weighted by Crippen LogP contribution is -2.42. The quantitative estimate of drug-likeness (QED) is 0.543. The predicted molar refractivity (Wildman–Crippen MR) is 110 cm³/mol. The Hall–Kier alpha value is -2.13. The van der Waals surface area contributed by atoms with Gasteiger partial charge in [-0.05, 0) is 38.4 Å². The normalized spacial score (nSPS) is 16.8. The van der Waals surface area contributed by atoms with E-state index in [2.05, 4.69) is 56.7 Å². The molecule has 1 aromatic heterocycles. The van der Waals surface area contributed by atoms with Crippen molar-refractivity contribution in [3.05, 3.63) is 51.5 Å². The van der Waals surface area contributed by atoms with Gasteiger partial charge < -0.3 is 10.6 Å². The van der Waals surface area contributed by atoms with Gasteiger partial charge in [0.2, 0.25) is 0 Å². The molecule has 0 bridgehead atoms. The van der Waals surface area contributed by atoms with Crippen molar-refractivity contribution < 1.29 is 13.2 Å². The summed E-state index contributed by atoms with van der Waals surface area (Å²) in [5, 5.41) is 7.78. The molecule has 2 heterocycles. The molecule has 1 aliphatic rings. The molecular formula is C20H26F3N5S. The number of aryl methyl sites for hydroxylation is 1. The number of hydrogen-bond donors (Lipinski definition) is 2. The first-order chi connectivity index (χ1) is 13.9. The molecule has 1 aromatic carbocycles. The van der Waals surface area contributed by atoms with E-state index in [0.717, 1.165) is 29.8 Å². The van der Waals surface area contributed by atoms with Gasteiger partial charge in [-0.2, -0.15) is 13.2 Å². The fourth-order valence-corrected chi connectivity index (χ4v) is 4.14. The number of nitrogens with zero attached hydrogens (tertiary/aromatic N) is 3. The van der Waals surface area contributed by atoms with Gasteiger partial charge in [0.05, 0.1) is 12.6 Å². The summed E-state index contributed by atoms with van der Waals surface area (Å²) in [6, 6.07) is 8.76. The molecule has 1 aliphatic heterocycles. The van der Waals surface area contributed by atoms with Crippen molar-refractivity contribution in [2.75, 3.05) is 26.7 Å². The molecule has 0 saturated carbocycles. The van der Waals surface area contributed by atoms with Gasteiger partial charge in [-0.1, -0.05) is 29.8 Å². The van der Waals surface area contributed by atoms with Crippen LogP contribution in [0, 0.1) is 6.92 Å². The Morgan fingerprint density at radius 1 is 1.21 bits per heavy atom. The lowest BCUT2D eigenvalue weighted by Gasteiger charge is -2.29. The lowest BCUT2D eigenvalue weighted by molar-refractivity contribution is -0.140. The standard InChI is InChI=1S/C20H26F3N5S/c1-14-5-7-15(8-6-14)16(28-9-3-4-10-28)11-25-19(24-2)26-12-18-27-17(13-29-18)20(21,22)23/h5-8,13,16H,3-4,9-12H2,1-2H3,(H2,24,25,26). The number of halogens is 3. The first kappa shape index (κ1) is 21.6. The Kier molecular flexibility index (Phi) is 7.13. The van der Waals surface area contributed by atoms with Gasteiger partial charge in [0.1, 0.15) is 5.01 Å². The molecule has 0 amide bonds. The van der Waals surface area contributed by atoms with E-state index in [9.17, 15) is 13.2 Å². The average Bonchev–Trinajstić information content (AvgIpc) is 3.37. The van der Waals surface area contributed by atoms with E-state index in [4.69, 9.17) is 0 Å². The number of rotatable bonds is 6. The molecule has 1 saturated heterocycles. The largest absolute Gasteiger partial charge is 0.434 e. The molecule has 9 heteroatoms. The topological polar surface area (TPSA) is 52.6 Å². The zero-order chi connectivity index (χ0) is 20.9. The Labute approximate surface area is 173 Å². The Balaban J connectivity index is 1.59. The third-order valence-electron chi connectivity index (χ3n) is 4.98. The number of hydrogen-bond acceptors (Lipinski definition) is 4. The van der Waals surface area contributed by atoms with Crippen LogP contribution in [0.15, 0.2) is 34.6 Å². The van der Waals surface area contributed by atoms with Crippen molar-refractivity contribution in [2.45, 2.75) is 38.5 Å². The minimum Gasteiger partial charge on any atom is -0.354 e. The van der Waals surface area contributed by atoms with E-state index in [1.807, 2.05) is 0 Å². The van der Waals surface area contributed by atoms with Gasteiger partial charge in [0, 0.05) is 19.0 Å². The van der Waals surface area contributed by atoms with Crippen molar-refractivity contribution in [3.63, 3.8) is 0 Å². The maximum atomic E-state index is 12.7. The van der Waals surface area contributed by atoms with Gasteiger partial charge in [-0.25, -0.2) is 4.98 Å². The first-order valence-electron chi connectivity index (χ1n) is 9.63. The highest BCUT2D eigenvalue weighted by Crippen LogP contribution is 2.30. The average molecular weight is 426 g/mol. The highest BCUT2D eigenvalue weighted by atomic mass is 32.1. The number of benzene rings is 1. The van der Waals surface area contributed by atoms with Crippen molar-refractivity contribution >= 4 is 17.3 Å². The second-order valence-corrected chi connectivity index (χ2v) is 8.04. The minimum absolute atomic E-state index is 0.194. The smallest absolute Gasteiger partial charge is 0.354 e. The van der Waals surface area contributed by atoms with Crippen LogP contribution >= 0.6 is 11.3 Å². The molecule has 0 aliphatic carbocycles. The van der Waals surface area contributed by atoms with E-state index in [1.165, 1.54) is 24.0 Å². The third-order valence-corrected chi connectivity index (χ3v) is 5.83. The zero-order valence-electron chi connectivity index (χ0n) is 16.6. The molecule has 29 heavy (non-hydrogen) atoms. The molecular weight excluding hydrogens is 399 g/mol. The van der Waals surface area contributed by atoms with Crippen molar-refractivity contribution in [3.8, 4) is 0 Å². The van der Waals surface area contributed by atoms with Gasteiger partial charge in [-0.3, -0.25) is 9.89 Å². The molecule has 2 aromatic rings. The van der Waals surface area contributed by atoms with E-state index < -0.39 is 11.9 Å². The number of aromatic nitrogens is 1. The SMILES string of the molecule is CN=C(NCc1nc(C(F)(F)F)cs1)NCC(c1ccc(C)cc1)N1CCCC1. The van der Waals surface area contributed by atoms with Gasteiger partial charge in [-0.15, -0.1) is 11.3 Å². The molecule has 1 fully saturated rings. The van der Waals surface area contributed by atoms with Crippen LogP contribution in [-0.2, 0) is 12.7 Å². The molecule has 2 N–H and O–H groups in total. The zero-order valence-corrected chi connectivity index (χ0v) is 17.4. The molecule has 1 unspecified atom stereocenters. The summed E-state index contributed by atoms with van der Waals surface area (Å²) in [6.45, 7) is 5.05. The molecule has 0 radical (unpaired) electrons. The minimum atomic E-state index is -4.41. The Morgan fingerprint density at radius 3 is 2.48 bits per heavy atom. The van der Waals surface area contributed by atoms with E-state index in [1.54, 1.807) is 7.05 Å². The second-order valence-electron chi connectivity index (χ2n) is 7.10. The van der Waals surface area contributed by atoms with E-state index in [0.29, 0.717) is 17.5 Å². The van der Waals surface area contributed by atoms with Gasteiger partial charge in [0.15, 0.2) is 11.7 Å². The highest BCUT2D eigenvalue weighted by Gasteiger charge is 2.33. The second kappa shape index (κ2) is 9.58. The Morgan fingerprint density at radius 2 is 1.90 bits per heavy atom. The number of likely N-dealkylation sites (tertiary alicyclic amines) is 1. The van der Waals surface area contributed by atoms with Crippen LogP contribution in [0.1, 0.15) is 40.7 Å². The van der Waals surface area contributed by atoms with Gasteiger partial charge >= 0.3 is 6.18 Å². The number of aliphatic imine (C=N–C) groups is 1. The van der Waals surface area contributed by atoms with Crippen LogP contribution in [0.2, 0.25) is 0 Å². The van der Waals surface area contributed by atoms with Crippen molar-refractivity contribution in [2.24, 2.45) is 4.99 Å². The number of nitrogens with one attached hydrogen (secondary N) is 2. The van der Waals surface area contributed by atoms with Crippen molar-refractivity contribution in [1.29, 1.82) is 0 Å².